The Morgan fingerprint density at radius 2 is 2.10 bits per heavy atom. The minimum Gasteiger partial charge on any atom is -0.495 e. The van der Waals surface area contributed by atoms with Crippen molar-refractivity contribution >= 4 is 11.6 Å². The molecule has 7 nitrogen and oxygen atoms in total. The molecule has 0 radical (unpaired) electrons. The number of anilines is 1. The van der Waals surface area contributed by atoms with Gasteiger partial charge in [-0.25, -0.2) is 0 Å². The van der Waals surface area contributed by atoms with E-state index in [-0.39, 0.29) is 18.2 Å². The molecule has 1 aromatic heterocycles. The van der Waals surface area contributed by atoms with Gasteiger partial charge in [-0.05, 0) is 18.6 Å². The molecule has 2 N–H and O–H groups in total. The lowest BCUT2D eigenvalue weighted by molar-refractivity contribution is -0.142. The molecule has 3 rings (SSSR count). The first-order valence-corrected chi connectivity index (χ1v) is 9.26. The van der Waals surface area contributed by atoms with Crippen LogP contribution in [0.5, 0.6) is 5.75 Å². The third kappa shape index (κ3) is 4.93. The molecule has 0 saturated carbocycles. The van der Waals surface area contributed by atoms with Gasteiger partial charge in [0.15, 0.2) is 11.7 Å². The van der Waals surface area contributed by atoms with Gasteiger partial charge in [0.25, 0.3) is 0 Å². The first-order valence-electron chi connectivity index (χ1n) is 9.26. The Morgan fingerprint density at radius 1 is 1.34 bits per heavy atom. The number of aliphatic imine (C=N–C) groups is 1. The van der Waals surface area contributed by atoms with Gasteiger partial charge >= 0.3 is 6.18 Å². The summed E-state index contributed by atoms with van der Waals surface area (Å²) in [4.78, 5) is 6.35. The molecule has 2 heterocycles. The van der Waals surface area contributed by atoms with Crippen molar-refractivity contribution in [1.82, 2.24) is 20.4 Å². The van der Waals surface area contributed by atoms with Gasteiger partial charge in [0.05, 0.1) is 12.8 Å². The van der Waals surface area contributed by atoms with Crippen LogP contribution in [0.15, 0.2) is 35.5 Å². The fraction of sp³-hybridized carbons (Fsp3) is 0.474. The van der Waals surface area contributed by atoms with Crippen LogP contribution in [-0.2, 0) is 19.8 Å². The zero-order valence-electron chi connectivity index (χ0n) is 16.6. The number of hydrogen-bond acceptors (Lipinski definition) is 4. The molecule has 158 valence electrons. The number of halogens is 3. The largest absolute Gasteiger partial charge is 0.495 e. The van der Waals surface area contributed by atoms with E-state index in [2.05, 4.69) is 25.6 Å². The minimum atomic E-state index is -4.49. The van der Waals surface area contributed by atoms with Crippen LogP contribution in [0.4, 0.5) is 18.9 Å². The second kappa shape index (κ2) is 8.62. The Labute approximate surface area is 167 Å². The lowest BCUT2D eigenvalue weighted by Crippen LogP contribution is -2.44. The Balaban J connectivity index is 1.59. The first-order chi connectivity index (χ1) is 13.8. The van der Waals surface area contributed by atoms with Gasteiger partial charge in [-0.3, -0.25) is 9.67 Å². The van der Waals surface area contributed by atoms with Crippen LogP contribution < -0.4 is 20.3 Å². The topological polar surface area (TPSA) is 66.7 Å². The van der Waals surface area contributed by atoms with Crippen molar-refractivity contribution in [2.45, 2.75) is 25.2 Å². The molecule has 0 bridgehead atoms. The van der Waals surface area contributed by atoms with E-state index >= 15 is 0 Å². The van der Waals surface area contributed by atoms with Crippen molar-refractivity contribution in [1.29, 1.82) is 0 Å². The van der Waals surface area contributed by atoms with Crippen molar-refractivity contribution in [2.75, 3.05) is 32.1 Å². The average molecular weight is 410 g/mol. The molecule has 1 aliphatic rings. The maximum atomic E-state index is 13.1. The van der Waals surface area contributed by atoms with Crippen molar-refractivity contribution in [2.24, 2.45) is 12.0 Å². The SMILES string of the molecule is CN=C(NCc1cn(C)nc1C(F)(F)F)NC1CCN(c2ccccc2OC)C1. The molecular weight excluding hydrogens is 385 g/mol. The van der Waals surface area contributed by atoms with Crippen molar-refractivity contribution < 1.29 is 17.9 Å². The molecule has 1 aromatic carbocycles. The number of alkyl halides is 3. The number of hydrogen-bond donors (Lipinski definition) is 2. The molecule has 1 fully saturated rings. The summed E-state index contributed by atoms with van der Waals surface area (Å²) in [6.45, 7) is 1.56. The highest BCUT2D eigenvalue weighted by molar-refractivity contribution is 5.80. The van der Waals surface area contributed by atoms with E-state index in [1.54, 1.807) is 14.2 Å². The van der Waals surface area contributed by atoms with Crippen molar-refractivity contribution in [3.63, 3.8) is 0 Å². The highest BCUT2D eigenvalue weighted by Crippen LogP contribution is 2.31. The van der Waals surface area contributed by atoms with E-state index in [1.807, 2.05) is 24.3 Å². The second-order valence-electron chi connectivity index (χ2n) is 6.85. The van der Waals surface area contributed by atoms with Gasteiger partial charge in [-0.1, -0.05) is 12.1 Å². The van der Waals surface area contributed by atoms with Gasteiger partial charge in [0, 0.05) is 51.5 Å². The van der Waals surface area contributed by atoms with E-state index in [1.165, 1.54) is 13.2 Å². The maximum absolute atomic E-state index is 13.1. The molecule has 1 atom stereocenters. The van der Waals surface area contributed by atoms with Gasteiger partial charge in [-0.15, -0.1) is 0 Å². The lowest BCUT2D eigenvalue weighted by Gasteiger charge is -2.22. The van der Waals surface area contributed by atoms with E-state index in [9.17, 15) is 13.2 Å². The van der Waals surface area contributed by atoms with Crippen LogP contribution in [0, 0.1) is 0 Å². The third-order valence-corrected chi connectivity index (χ3v) is 4.80. The number of para-hydroxylation sites is 2. The molecule has 1 saturated heterocycles. The smallest absolute Gasteiger partial charge is 0.435 e. The van der Waals surface area contributed by atoms with E-state index in [0.717, 1.165) is 35.6 Å². The van der Waals surface area contributed by atoms with Gasteiger partial charge in [0.2, 0.25) is 0 Å². The number of aromatic nitrogens is 2. The summed E-state index contributed by atoms with van der Waals surface area (Å²) >= 11 is 0. The van der Waals surface area contributed by atoms with E-state index < -0.39 is 11.9 Å². The molecular formula is C19H25F3N6O. The first kappa shape index (κ1) is 20.8. The van der Waals surface area contributed by atoms with E-state index in [4.69, 9.17) is 4.74 Å². The standard InChI is InChI=1S/C19H25F3N6O/c1-23-18(24-10-13-11-27(2)26-17(13)19(20,21)22)25-14-8-9-28(12-14)15-6-4-5-7-16(15)29-3/h4-7,11,14H,8-10,12H2,1-3H3,(H2,23,24,25). The summed E-state index contributed by atoms with van der Waals surface area (Å²) in [7, 11) is 4.71. The van der Waals surface area contributed by atoms with E-state index in [0.29, 0.717) is 5.96 Å². The molecule has 1 aliphatic heterocycles. The zero-order valence-corrected chi connectivity index (χ0v) is 16.6. The predicted octanol–water partition coefficient (Wildman–Crippen LogP) is 2.39. The highest BCUT2D eigenvalue weighted by atomic mass is 19.4. The normalized spacial score (nSPS) is 17.5. The van der Waals surface area contributed by atoms with Crippen LogP contribution in [0.3, 0.4) is 0 Å². The fourth-order valence-corrected chi connectivity index (χ4v) is 3.46. The molecule has 0 spiro atoms. The summed E-state index contributed by atoms with van der Waals surface area (Å²) in [5, 5.41) is 9.77. The van der Waals surface area contributed by atoms with Gasteiger partial charge in [0.1, 0.15) is 5.75 Å². The maximum Gasteiger partial charge on any atom is 0.435 e. The number of ether oxygens (including phenoxy) is 1. The average Bonchev–Trinajstić information content (AvgIpc) is 3.31. The number of aryl methyl sites for hydroxylation is 1. The second-order valence-corrected chi connectivity index (χ2v) is 6.85. The summed E-state index contributed by atoms with van der Waals surface area (Å²) in [6.07, 6.45) is -2.25. The van der Waals surface area contributed by atoms with Crippen LogP contribution >= 0.6 is 0 Å². The Kier molecular flexibility index (Phi) is 6.19. The summed E-state index contributed by atoms with van der Waals surface area (Å²) in [6, 6.07) is 7.93. The quantitative estimate of drug-likeness (QED) is 0.585. The zero-order chi connectivity index (χ0) is 21.0. The molecule has 0 amide bonds. The molecule has 1 unspecified atom stereocenters. The van der Waals surface area contributed by atoms with Crippen molar-refractivity contribution in [3.05, 3.63) is 41.7 Å². The van der Waals surface area contributed by atoms with Gasteiger partial charge in [-0.2, -0.15) is 18.3 Å². The molecule has 29 heavy (non-hydrogen) atoms. The lowest BCUT2D eigenvalue weighted by atomic mass is 10.2. The van der Waals surface area contributed by atoms with Crippen LogP contribution in [-0.4, -0.2) is 49.0 Å². The number of guanidine groups is 1. The minimum absolute atomic E-state index is 0.0225. The highest BCUT2D eigenvalue weighted by Gasteiger charge is 2.36. The number of methoxy groups -OCH3 is 1. The fourth-order valence-electron chi connectivity index (χ4n) is 3.46. The number of nitrogens with one attached hydrogen (secondary N) is 2. The third-order valence-electron chi connectivity index (χ3n) is 4.80. The molecule has 10 heteroatoms. The molecule has 0 aliphatic carbocycles. The molecule has 2 aromatic rings. The monoisotopic (exact) mass is 410 g/mol. The summed E-state index contributed by atoms with van der Waals surface area (Å²) < 4.78 is 45.9. The number of rotatable bonds is 5. The van der Waals surface area contributed by atoms with Crippen molar-refractivity contribution in [3.8, 4) is 5.75 Å². The summed E-state index contributed by atoms with van der Waals surface area (Å²) in [5.41, 5.74) is 0.212. The summed E-state index contributed by atoms with van der Waals surface area (Å²) in [5.74, 6) is 1.26. The number of nitrogens with zero attached hydrogens (tertiary/aromatic N) is 4. The van der Waals surface area contributed by atoms with Crippen LogP contribution in [0.2, 0.25) is 0 Å². The predicted molar refractivity (Wildman–Crippen MR) is 105 cm³/mol. The number of benzene rings is 1. The Hall–Kier alpha value is -2.91. The van der Waals surface area contributed by atoms with Crippen LogP contribution in [0.1, 0.15) is 17.7 Å². The Bertz CT molecular complexity index is 864. The van der Waals surface area contributed by atoms with Gasteiger partial charge < -0.3 is 20.3 Å². The Morgan fingerprint density at radius 3 is 2.79 bits per heavy atom. The van der Waals surface area contributed by atoms with Crippen LogP contribution in [0.25, 0.3) is 0 Å².